The molecule has 2 heterocycles. The highest BCUT2D eigenvalue weighted by molar-refractivity contribution is 6.05. The molecule has 3 atom stereocenters. The van der Waals surface area contributed by atoms with E-state index < -0.39 is 12.1 Å². The number of amides is 3. The van der Waals surface area contributed by atoms with Crippen molar-refractivity contribution in [1.82, 2.24) is 9.80 Å². The third-order valence-electron chi connectivity index (χ3n) is 6.24. The smallest absolute Gasteiger partial charge is 0.308 e. The third-order valence-corrected chi connectivity index (χ3v) is 6.24. The number of nitrogens with zero attached hydrogens (tertiary/aromatic N) is 2. The number of esters is 1. The van der Waals surface area contributed by atoms with Crippen molar-refractivity contribution in [2.24, 2.45) is 11.8 Å². The second-order valence-electron chi connectivity index (χ2n) is 8.14. The molecule has 0 spiro atoms. The van der Waals surface area contributed by atoms with Crippen molar-refractivity contribution in [2.45, 2.75) is 45.3 Å². The van der Waals surface area contributed by atoms with Crippen molar-refractivity contribution in [2.75, 3.05) is 13.1 Å². The number of ether oxygens (including phenoxy) is 1. The average Bonchev–Trinajstić information content (AvgIpc) is 3.01. The molecule has 1 saturated heterocycles. The van der Waals surface area contributed by atoms with E-state index in [2.05, 4.69) is 6.07 Å². The lowest BCUT2D eigenvalue weighted by Gasteiger charge is -2.30. The van der Waals surface area contributed by atoms with Crippen LogP contribution in [0.2, 0.25) is 0 Å². The van der Waals surface area contributed by atoms with Crippen LogP contribution >= 0.6 is 0 Å². The van der Waals surface area contributed by atoms with Gasteiger partial charge in [0.2, 0.25) is 11.8 Å². The minimum absolute atomic E-state index is 0.00149. The number of rotatable bonds is 5. The molecular weight excluding hydrogens is 384 g/mol. The van der Waals surface area contributed by atoms with E-state index in [9.17, 15) is 19.2 Å². The van der Waals surface area contributed by atoms with Crippen molar-refractivity contribution in [1.29, 1.82) is 0 Å². The number of likely N-dealkylation sites (tertiary alicyclic amines) is 1. The minimum Gasteiger partial charge on any atom is -0.452 e. The van der Waals surface area contributed by atoms with Crippen LogP contribution in [0.5, 0.6) is 0 Å². The predicted molar refractivity (Wildman–Crippen MR) is 108 cm³/mol. The number of hydrogen-bond acceptors (Lipinski definition) is 5. The van der Waals surface area contributed by atoms with Crippen molar-refractivity contribution in [3.8, 4) is 0 Å². The van der Waals surface area contributed by atoms with E-state index in [0.717, 1.165) is 12.0 Å². The van der Waals surface area contributed by atoms with E-state index in [1.54, 1.807) is 11.8 Å². The highest BCUT2D eigenvalue weighted by Crippen LogP contribution is 2.35. The van der Waals surface area contributed by atoms with Gasteiger partial charge in [0.15, 0.2) is 6.10 Å². The fourth-order valence-corrected chi connectivity index (χ4v) is 4.54. The van der Waals surface area contributed by atoms with Crippen LogP contribution in [0.15, 0.2) is 36.4 Å². The van der Waals surface area contributed by atoms with Gasteiger partial charge < -0.3 is 9.64 Å². The van der Waals surface area contributed by atoms with Crippen LogP contribution < -0.4 is 0 Å². The molecule has 3 aliphatic rings. The first-order chi connectivity index (χ1) is 14.5. The molecule has 0 bridgehead atoms. The van der Waals surface area contributed by atoms with Crippen molar-refractivity contribution in [3.63, 3.8) is 0 Å². The lowest BCUT2D eigenvalue weighted by molar-refractivity contribution is -0.160. The number of carbonyl (C=O) groups excluding carboxylic acids is 4. The van der Waals surface area contributed by atoms with Crippen molar-refractivity contribution >= 4 is 23.7 Å². The Morgan fingerprint density at radius 1 is 1.07 bits per heavy atom. The summed E-state index contributed by atoms with van der Waals surface area (Å²) in [6.45, 7) is 2.66. The molecule has 1 aliphatic carbocycles. The summed E-state index contributed by atoms with van der Waals surface area (Å²) in [5.74, 6) is -1.84. The lowest BCUT2D eigenvalue weighted by atomic mass is 9.85. The first-order valence-electron chi connectivity index (χ1n) is 10.5. The molecule has 1 aromatic carbocycles. The molecule has 1 aromatic rings. The molecule has 7 heteroatoms. The topological polar surface area (TPSA) is 84.0 Å². The van der Waals surface area contributed by atoms with Gasteiger partial charge in [-0.25, -0.2) is 0 Å². The fraction of sp³-hybridized carbons (Fsp3) is 0.478. The third kappa shape index (κ3) is 3.88. The van der Waals surface area contributed by atoms with Gasteiger partial charge in [-0.3, -0.25) is 24.1 Å². The highest BCUT2D eigenvalue weighted by Gasteiger charge is 2.47. The zero-order chi connectivity index (χ0) is 21.3. The number of allylic oxidation sites excluding steroid dienone is 2. The van der Waals surface area contributed by atoms with Gasteiger partial charge in [-0.15, -0.1) is 0 Å². The Kier molecular flexibility index (Phi) is 5.70. The summed E-state index contributed by atoms with van der Waals surface area (Å²) in [5.41, 5.74) is 2.35. The van der Waals surface area contributed by atoms with Crippen molar-refractivity contribution < 1.29 is 23.9 Å². The Hall–Kier alpha value is -2.96. The first kappa shape index (κ1) is 20.3. The van der Waals surface area contributed by atoms with Crippen LogP contribution in [0.4, 0.5) is 0 Å². The molecule has 158 valence electrons. The summed E-state index contributed by atoms with van der Waals surface area (Å²) >= 11 is 0. The molecule has 4 rings (SSSR count). The molecular formula is C23H26N2O5. The molecule has 2 aliphatic heterocycles. The van der Waals surface area contributed by atoms with Crippen LogP contribution in [0.3, 0.4) is 0 Å². The maximum absolute atomic E-state index is 12.7. The maximum atomic E-state index is 12.7. The first-order valence-corrected chi connectivity index (χ1v) is 10.5. The molecule has 0 aromatic heterocycles. The standard InChI is InChI=1S/C23H26N2O5/c1-15(21(27)24-12-10-16-6-2-3-7-17(16)14-24)30-20(26)11-13-25-22(28)18-8-4-5-9-19(18)23(25)29/h2-7,15,18-19H,8-14H2,1H3/t15-,18-,19+/m1/s1. The number of hydrogen-bond donors (Lipinski definition) is 0. The van der Waals surface area contributed by atoms with Gasteiger partial charge in [-0.1, -0.05) is 36.4 Å². The van der Waals surface area contributed by atoms with E-state index >= 15 is 0 Å². The van der Waals surface area contributed by atoms with Gasteiger partial charge in [0.1, 0.15) is 0 Å². The number of benzene rings is 1. The molecule has 0 N–H and O–H groups in total. The monoisotopic (exact) mass is 410 g/mol. The van der Waals surface area contributed by atoms with Crippen LogP contribution in [0.25, 0.3) is 0 Å². The second kappa shape index (κ2) is 8.42. The van der Waals surface area contributed by atoms with Crippen LogP contribution in [-0.4, -0.2) is 52.7 Å². The van der Waals surface area contributed by atoms with Crippen LogP contribution in [0.1, 0.15) is 37.3 Å². The normalized spacial score (nSPS) is 23.8. The Bertz CT molecular complexity index is 883. The average molecular weight is 410 g/mol. The number of carbonyl (C=O) groups is 4. The number of fused-ring (bicyclic) bond motifs is 2. The molecule has 0 unspecified atom stereocenters. The molecule has 1 fully saturated rings. The largest absolute Gasteiger partial charge is 0.452 e. The van der Waals surface area contributed by atoms with Crippen molar-refractivity contribution in [3.05, 3.63) is 47.5 Å². The molecule has 3 amide bonds. The summed E-state index contributed by atoms with van der Waals surface area (Å²) in [4.78, 5) is 52.8. The molecule has 7 nitrogen and oxygen atoms in total. The fourth-order valence-electron chi connectivity index (χ4n) is 4.54. The summed E-state index contributed by atoms with van der Waals surface area (Å²) in [7, 11) is 0. The number of imide groups is 1. The summed E-state index contributed by atoms with van der Waals surface area (Å²) in [6, 6.07) is 8.00. The summed E-state index contributed by atoms with van der Waals surface area (Å²) < 4.78 is 5.31. The summed E-state index contributed by atoms with van der Waals surface area (Å²) in [5, 5.41) is 0. The maximum Gasteiger partial charge on any atom is 0.308 e. The molecule has 0 saturated carbocycles. The van der Waals surface area contributed by atoms with Gasteiger partial charge >= 0.3 is 5.97 Å². The Labute approximate surface area is 175 Å². The van der Waals surface area contributed by atoms with Gasteiger partial charge in [0.05, 0.1) is 18.3 Å². The van der Waals surface area contributed by atoms with Gasteiger partial charge in [0.25, 0.3) is 5.91 Å². The highest BCUT2D eigenvalue weighted by atomic mass is 16.5. The molecule has 30 heavy (non-hydrogen) atoms. The van der Waals surface area contributed by atoms with Crippen LogP contribution in [0, 0.1) is 11.8 Å². The van der Waals surface area contributed by atoms with Crippen LogP contribution in [-0.2, 0) is 36.9 Å². The summed E-state index contributed by atoms with van der Waals surface area (Å²) in [6.07, 6.45) is 4.76. The predicted octanol–water partition coefficient (Wildman–Crippen LogP) is 1.84. The minimum atomic E-state index is -0.903. The zero-order valence-electron chi connectivity index (χ0n) is 17.1. The second-order valence-corrected chi connectivity index (χ2v) is 8.14. The van der Waals surface area contributed by atoms with Gasteiger partial charge in [-0.05, 0) is 37.3 Å². The van der Waals surface area contributed by atoms with E-state index in [0.29, 0.717) is 25.9 Å². The van der Waals surface area contributed by atoms with E-state index in [1.807, 2.05) is 30.4 Å². The SMILES string of the molecule is C[C@@H](OC(=O)CCN1C(=O)[C@H]2CC=CC[C@H]2C1=O)C(=O)N1CCc2ccccc2C1. The Morgan fingerprint density at radius 3 is 2.37 bits per heavy atom. The molecule has 0 radical (unpaired) electrons. The Morgan fingerprint density at radius 2 is 1.70 bits per heavy atom. The van der Waals surface area contributed by atoms with Gasteiger partial charge in [0, 0.05) is 19.6 Å². The van der Waals surface area contributed by atoms with E-state index in [-0.39, 0.29) is 42.5 Å². The van der Waals surface area contributed by atoms with Gasteiger partial charge in [-0.2, -0.15) is 0 Å². The lowest BCUT2D eigenvalue weighted by Crippen LogP contribution is -2.43. The quantitative estimate of drug-likeness (QED) is 0.420. The zero-order valence-corrected chi connectivity index (χ0v) is 17.1. The Balaban J connectivity index is 1.27. The van der Waals surface area contributed by atoms with E-state index in [4.69, 9.17) is 4.74 Å². The van der Waals surface area contributed by atoms with E-state index in [1.165, 1.54) is 10.5 Å².